The second-order valence-electron chi connectivity index (χ2n) is 6.02. The van der Waals surface area contributed by atoms with Crippen molar-refractivity contribution >= 4 is 5.91 Å². The summed E-state index contributed by atoms with van der Waals surface area (Å²) in [5.41, 5.74) is -0.234. The Morgan fingerprint density at radius 1 is 1.53 bits per heavy atom. The highest BCUT2D eigenvalue weighted by molar-refractivity contribution is 5.86. The Labute approximate surface area is 105 Å². The van der Waals surface area contributed by atoms with Gasteiger partial charge >= 0.3 is 0 Å². The lowest BCUT2D eigenvalue weighted by atomic mass is 9.90. The number of carbonyl (C=O) groups excluding carboxylic acids is 1. The van der Waals surface area contributed by atoms with Crippen LogP contribution in [-0.4, -0.2) is 36.5 Å². The van der Waals surface area contributed by atoms with Crippen LogP contribution in [0.1, 0.15) is 46.0 Å². The minimum Gasteiger partial charge on any atom is -0.344 e. The highest BCUT2D eigenvalue weighted by Gasteiger charge is 2.43. The standard InChI is InChI=1S/C14H26N2O/c1-4-6-14(7-5-8-15-14)13(17)16(3)10-12-9-11(12)2/h11-12,15H,4-10H2,1-3H3. The maximum atomic E-state index is 12.6. The van der Waals surface area contributed by atoms with Gasteiger partial charge in [0.1, 0.15) is 0 Å². The number of likely N-dealkylation sites (N-methyl/N-ethyl adjacent to an activating group) is 1. The molecule has 0 aromatic rings. The zero-order valence-corrected chi connectivity index (χ0v) is 11.5. The van der Waals surface area contributed by atoms with E-state index in [2.05, 4.69) is 19.2 Å². The summed E-state index contributed by atoms with van der Waals surface area (Å²) < 4.78 is 0. The van der Waals surface area contributed by atoms with E-state index in [1.165, 1.54) is 6.42 Å². The Kier molecular flexibility index (Phi) is 3.76. The molecule has 0 aromatic carbocycles. The molecule has 3 unspecified atom stereocenters. The minimum atomic E-state index is -0.234. The summed E-state index contributed by atoms with van der Waals surface area (Å²) in [6.07, 6.45) is 5.51. The van der Waals surface area contributed by atoms with Gasteiger partial charge in [0.15, 0.2) is 0 Å². The van der Waals surface area contributed by atoms with Crippen molar-refractivity contribution in [1.82, 2.24) is 10.2 Å². The predicted octanol–water partition coefficient (Wildman–Crippen LogP) is 2.02. The van der Waals surface area contributed by atoms with E-state index in [4.69, 9.17) is 0 Å². The molecule has 1 aliphatic carbocycles. The van der Waals surface area contributed by atoms with Gasteiger partial charge in [-0.1, -0.05) is 20.3 Å². The number of nitrogens with zero attached hydrogens (tertiary/aromatic N) is 1. The molecular weight excluding hydrogens is 212 g/mol. The Morgan fingerprint density at radius 3 is 2.71 bits per heavy atom. The maximum Gasteiger partial charge on any atom is 0.242 e. The van der Waals surface area contributed by atoms with Gasteiger partial charge in [-0.3, -0.25) is 4.79 Å². The van der Waals surface area contributed by atoms with E-state index in [1.54, 1.807) is 0 Å². The molecule has 0 bridgehead atoms. The van der Waals surface area contributed by atoms with E-state index in [-0.39, 0.29) is 5.54 Å². The molecule has 1 N–H and O–H groups in total. The van der Waals surface area contributed by atoms with Crippen LogP contribution in [-0.2, 0) is 4.79 Å². The molecule has 17 heavy (non-hydrogen) atoms. The third-order valence-electron chi connectivity index (χ3n) is 4.46. The molecule has 0 aromatic heterocycles. The molecule has 3 nitrogen and oxygen atoms in total. The third-order valence-corrected chi connectivity index (χ3v) is 4.46. The van der Waals surface area contributed by atoms with Gasteiger partial charge in [0.05, 0.1) is 5.54 Å². The predicted molar refractivity (Wildman–Crippen MR) is 69.8 cm³/mol. The number of hydrogen-bond donors (Lipinski definition) is 1. The van der Waals surface area contributed by atoms with Crippen LogP contribution < -0.4 is 5.32 Å². The first-order valence-corrected chi connectivity index (χ1v) is 7.09. The summed E-state index contributed by atoms with van der Waals surface area (Å²) in [5.74, 6) is 1.91. The highest BCUT2D eigenvalue weighted by atomic mass is 16.2. The van der Waals surface area contributed by atoms with Crippen molar-refractivity contribution in [2.45, 2.75) is 51.5 Å². The fourth-order valence-corrected chi connectivity index (χ4v) is 3.19. The number of amides is 1. The van der Waals surface area contributed by atoms with Gasteiger partial charge < -0.3 is 10.2 Å². The molecule has 0 spiro atoms. The van der Waals surface area contributed by atoms with Gasteiger partial charge in [-0.05, 0) is 44.1 Å². The molecular formula is C14H26N2O. The fraction of sp³-hybridized carbons (Fsp3) is 0.929. The largest absolute Gasteiger partial charge is 0.344 e. The molecule has 1 heterocycles. The van der Waals surface area contributed by atoms with Gasteiger partial charge in [-0.15, -0.1) is 0 Å². The van der Waals surface area contributed by atoms with Crippen LogP contribution in [0.4, 0.5) is 0 Å². The average Bonchev–Trinajstić information content (AvgIpc) is 2.81. The smallest absolute Gasteiger partial charge is 0.242 e. The first kappa shape index (κ1) is 12.9. The lowest BCUT2D eigenvalue weighted by Gasteiger charge is -2.32. The Bertz CT molecular complexity index is 284. The molecule has 3 heteroatoms. The van der Waals surface area contributed by atoms with Crippen LogP contribution in [0, 0.1) is 11.8 Å². The summed E-state index contributed by atoms with van der Waals surface area (Å²) in [7, 11) is 1.98. The van der Waals surface area contributed by atoms with Crippen LogP contribution in [0.2, 0.25) is 0 Å². The summed E-state index contributed by atoms with van der Waals surface area (Å²) in [6, 6.07) is 0. The van der Waals surface area contributed by atoms with E-state index in [9.17, 15) is 4.79 Å². The lowest BCUT2D eigenvalue weighted by Crippen LogP contribution is -2.54. The SMILES string of the molecule is CCCC1(C(=O)N(C)CC2CC2C)CCCN1. The van der Waals surface area contributed by atoms with Gasteiger partial charge in [0.25, 0.3) is 0 Å². The van der Waals surface area contributed by atoms with Crippen LogP contribution >= 0.6 is 0 Å². The summed E-state index contributed by atoms with van der Waals surface area (Å²) >= 11 is 0. The molecule has 0 radical (unpaired) electrons. The van der Waals surface area contributed by atoms with Crippen LogP contribution in [0.3, 0.4) is 0 Å². The van der Waals surface area contributed by atoms with Crippen LogP contribution in [0.15, 0.2) is 0 Å². The van der Waals surface area contributed by atoms with E-state index < -0.39 is 0 Å². The van der Waals surface area contributed by atoms with Gasteiger partial charge in [-0.2, -0.15) is 0 Å². The average molecular weight is 238 g/mol. The Hall–Kier alpha value is -0.570. The topological polar surface area (TPSA) is 32.3 Å². The fourth-order valence-electron chi connectivity index (χ4n) is 3.19. The van der Waals surface area contributed by atoms with Gasteiger partial charge in [-0.25, -0.2) is 0 Å². The highest BCUT2D eigenvalue weighted by Crippen LogP contribution is 2.38. The number of carbonyl (C=O) groups is 1. The molecule has 2 aliphatic rings. The van der Waals surface area contributed by atoms with Crippen molar-refractivity contribution in [2.24, 2.45) is 11.8 Å². The molecule has 2 rings (SSSR count). The first-order chi connectivity index (χ1) is 8.09. The summed E-state index contributed by atoms with van der Waals surface area (Å²) in [4.78, 5) is 14.6. The Balaban J connectivity index is 1.95. The Morgan fingerprint density at radius 2 is 2.24 bits per heavy atom. The lowest BCUT2D eigenvalue weighted by molar-refractivity contribution is -0.137. The van der Waals surface area contributed by atoms with Crippen molar-refractivity contribution in [2.75, 3.05) is 20.1 Å². The van der Waals surface area contributed by atoms with E-state index in [1.807, 2.05) is 11.9 Å². The van der Waals surface area contributed by atoms with Crippen molar-refractivity contribution in [1.29, 1.82) is 0 Å². The van der Waals surface area contributed by atoms with E-state index >= 15 is 0 Å². The summed E-state index contributed by atoms with van der Waals surface area (Å²) in [6.45, 7) is 6.39. The molecule has 3 atom stereocenters. The van der Waals surface area contributed by atoms with Crippen molar-refractivity contribution in [3.8, 4) is 0 Å². The molecule has 1 saturated carbocycles. The molecule has 98 valence electrons. The minimum absolute atomic E-state index is 0.234. The van der Waals surface area contributed by atoms with Gasteiger partial charge in [0, 0.05) is 13.6 Å². The second kappa shape index (κ2) is 4.97. The van der Waals surface area contributed by atoms with Crippen molar-refractivity contribution in [3.05, 3.63) is 0 Å². The van der Waals surface area contributed by atoms with Crippen molar-refractivity contribution in [3.63, 3.8) is 0 Å². The number of nitrogens with one attached hydrogen (secondary N) is 1. The second-order valence-corrected chi connectivity index (χ2v) is 6.02. The normalized spacial score (nSPS) is 35.9. The molecule has 2 fully saturated rings. The van der Waals surface area contributed by atoms with Crippen LogP contribution in [0.25, 0.3) is 0 Å². The van der Waals surface area contributed by atoms with Gasteiger partial charge in [0.2, 0.25) is 5.91 Å². The van der Waals surface area contributed by atoms with Crippen molar-refractivity contribution < 1.29 is 4.79 Å². The first-order valence-electron chi connectivity index (χ1n) is 7.09. The maximum absolute atomic E-state index is 12.6. The zero-order chi connectivity index (χ0) is 12.5. The monoisotopic (exact) mass is 238 g/mol. The third kappa shape index (κ3) is 2.65. The number of hydrogen-bond acceptors (Lipinski definition) is 2. The zero-order valence-electron chi connectivity index (χ0n) is 11.5. The molecule has 1 aliphatic heterocycles. The van der Waals surface area contributed by atoms with Crippen LogP contribution in [0.5, 0.6) is 0 Å². The van der Waals surface area contributed by atoms with E-state index in [0.29, 0.717) is 5.91 Å². The molecule has 1 amide bonds. The summed E-state index contributed by atoms with van der Waals surface area (Å²) in [5, 5.41) is 3.47. The number of rotatable bonds is 5. The molecule has 1 saturated heterocycles. The quantitative estimate of drug-likeness (QED) is 0.795. The van der Waals surface area contributed by atoms with E-state index in [0.717, 1.165) is 50.6 Å².